The Morgan fingerprint density at radius 2 is 1.33 bits per heavy atom. The Morgan fingerprint density at radius 1 is 0.778 bits per heavy atom. The van der Waals surface area contributed by atoms with E-state index in [9.17, 15) is 9.59 Å². The van der Waals surface area contributed by atoms with Crippen LogP contribution in [0, 0.1) is 5.92 Å². The van der Waals surface area contributed by atoms with E-state index in [1.807, 2.05) is 0 Å². The van der Waals surface area contributed by atoms with Crippen molar-refractivity contribution in [1.29, 1.82) is 0 Å². The van der Waals surface area contributed by atoms with Gasteiger partial charge in [0.1, 0.15) is 12.6 Å². The van der Waals surface area contributed by atoms with Crippen LogP contribution >= 0.6 is 0 Å². The van der Waals surface area contributed by atoms with Gasteiger partial charge in [0.15, 0.2) is 0 Å². The fourth-order valence-corrected chi connectivity index (χ4v) is 2.28. The molecular weight excluding hydrogens is 224 g/mol. The molecule has 0 rings (SSSR count). The summed E-state index contributed by atoms with van der Waals surface area (Å²) in [4.78, 5) is 21.1. The summed E-state index contributed by atoms with van der Waals surface area (Å²) in [6.07, 6.45) is 15.8. The van der Waals surface area contributed by atoms with Crippen LogP contribution in [0.25, 0.3) is 0 Å². The third kappa shape index (κ3) is 11.8. The van der Waals surface area contributed by atoms with Gasteiger partial charge in [0.25, 0.3) is 0 Å². The van der Waals surface area contributed by atoms with Gasteiger partial charge in [-0.2, -0.15) is 0 Å². The highest BCUT2D eigenvalue weighted by atomic mass is 16.1. The molecule has 2 nitrogen and oxygen atoms in total. The van der Waals surface area contributed by atoms with Gasteiger partial charge in [-0.05, 0) is 19.3 Å². The summed E-state index contributed by atoms with van der Waals surface area (Å²) in [6.45, 7) is 2.24. The highest BCUT2D eigenvalue weighted by molar-refractivity contribution is 5.53. The summed E-state index contributed by atoms with van der Waals surface area (Å²) < 4.78 is 0. The normalized spacial score (nSPS) is 12.3. The van der Waals surface area contributed by atoms with E-state index in [0.29, 0.717) is 6.42 Å². The van der Waals surface area contributed by atoms with Crippen LogP contribution in [0.2, 0.25) is 0 Å². The van der Waals surface area contributed by atoms with Crippen molar-refractivity contribution in [2.24, 2.45) is 5.92 Å². The van der Waals surface area contributed by atoms with Crippen molar-refractivity contribution in [2.45, 2.75) is 84.0 Å². The minimum absolute atomic E-state index is 0.229. The van der Waals surface area contributed by atoms with Crippen molar-refractivity contribution in [1.82, 2.24) is 0 Å². The van der Waals surface area contributed by atoms with Gasteiger partial charge in [-0.1, -0.05) is 58.3 Å². The Balaban J connectivity index is 3.32. The molecule has 0 aliphatic heterocycles. The van der Waals surface area contributed by atoms with Crippen molar-refractivity contribution in [2.75, 3.05) is 0 Å². The average molecular weight is 254 g/mol. The number of carbonyl (C=O) groups excluding carboxylic acids is 2. The van der Waals surface area contributed by atoms with Crippen LogP contribution in [0.5, 0.6) is 0 Å². The van der Waals surface area contributed by atoms with E-state index in [2.05, 4.69) is 6.92 Å². The number of hydrogen-bond donors (Lipinski definition) is 0. The number of rotatable bonds is 14. The highest BCUT2D eigenvalue weighted by Gasteiger charge is 2.06. The zero-order valence-electron chi connectivity index (χ0n) is 12.0. The first-order valence-corrected chi connectivity index (χ1v) is 7.74. The number of hydrogen-bond acceptors (Lipinski definition) is 2. The maximum absolute atomic E-state index is 10.9. The maximum atomic E-state index is 10.9. The molecule has 0 aromatic heterocycles. The van der Waals surface area contributed by atoms with Crippen LogP contribution in [0.3, 0.4) is 0 Å². The first-order valence-electron chi connectivity index (χ1n) is 7.74. The standard InChI is InChI=1S/C16H30O2/c1-2-3-4-5-6-7-9-12-16(15-18)13-10-8-11-14-17/h14-16H,2-13H2,1H3. The quantitative estimate of drug-likeness (QED) is 0.332. The number of carbonyl (C=O) groups is 2. The molecule has 1 unspecified atom stereocenters. The summed E-state index contributed by atoms with van der Waals surface area (Å²) >= 11 is 0. The van der Waals surface area contributed by atoms with Gasteiger partial charge in [-0.25, -0.2) is 0 Å². The van der Waals surface area contributed by atoms with E-state index >= 15 is 0 Å². The van der Waals surface area contributed by atoms with E-state index < -0.39 is 0 Å². The summed E-state index contributed by atoms with van der Waals surface area (Å²) in [6, 6.07) is 0. The molecule has 0 N–H and O–H groups in total. The molecule has 1 atom stereocenters. The first-order chi connectivity index (χ1) is 8.85. The van der Waals surface area contributed by atoms with Crippen LogP contribution in [0.1, 0.15) is 84.0 Å². The first kappa shape index (κ1) is 17.3. The molecule has 0 heterocycles. The van der Waals surface area contributed by atoms with Gasteiger partial charge in [0.2, 0.25) is 0 Å². The topological polar surface area (TPSA) is 34.1 Å². The summed E-state index contributed by atoms with van der Waals surface area (Å²) in [7, 11) is 0. The zero-order valence-corrected chi connectivity index (χ0v) is 12.0. The molecule has 106 valence electrons. The molecule has 18 heavy (non-hydrogen) atoms. The molecule has 2 heteroatoms. The lowest BCUT2D eigenvalue weighted by Crippen LogP contribution is -2.02. The SMILES string of the molecule is CCCCCCCCCC(C=O)CCCCC=O. The second-order valence-electron chi connectivity index (χ2n) is 5.26. The highest BCUT2D eigenvalue weighted by Crippen LogP contribution is 2.16. The molecule has 0 bridgehead atoms. The monoisotopic (exact) mass is 254 g/mol. The lowest BCUT2D eigenvalue weighted by Gasteiger charge is -2.09. The van der Waals surface area contributed by atoms with E-state index in [1.165, 1.54) is 44.9 Å². The molecule has 0 aliphatic rings. The van der Waals surface area contributed by atoms with Gasteiger partial charge < -0.3 is 9.59 Å². The lowest BCUT2D eigenvalue weighted by atomic mass is 9.96. The Labute approximate surface area is 113 Å². The third-order valence-corrected chi connectivity index (χ3v) is 3.52. The third-order valence-electron chi connectivity index (χ3n) is 3.52. The predicted octanol–water partition coefficient (Wildman–Crippen LogP) is 4.70. The predicted molar refractivity (Wildman–Crippen MR) is 76.7 cm³/mol. The average Bonchev–Trinajstić information content (AvgIpc) is 2.40. The number of aldehydes is 2. The van der Waals surface area contributed by atoms with Crippen LogP contribution in [0.4, 0.5) is 0 Å². The van der Waals surface area contributed by atoms with Gasteiger partial charge >= 0.3 is 0 Å². The maximum Gasteiger partial charge on any atom is 0.123 e. The number of unbranched alkanes of at least 4 members (excludes halogenated alkanes) is 8. The summed E-state index contributed by atoms with van der Waals surface area (Å²) in [5.41, 5.74) is 0. The van der Waals surface area contributed by atoms with Crippen molar-refractivity contribution >= 4 is 12.6 Å². The van der Waals surface area contributed by atoms with Crippen LogP contribution in [0.15, 0.2) is 0 Å². The van der Waals surface area contributed by atoms with Crippen LogP contribution in [-0.4, -0.2) is 12.6 Å². The molecular formula is C16H30O2. The second kappa shape index (κ2) is 14.4. The Bertz CT molecular complexity index is 190. The minimum Gasteiger partial charge on any atom is -0.303 e. The molecule has 0 fully saturated rings. The molecule has 0 spiro atoms. The summed E-state index contributed by atoms with van der Waals surface area (Å²) in [5.74, 6) is 0.229. The van der Waals surface area contributed by atoms with E-state index in [-0.39, 0.29) is 5.92 Å². The molecule has 0 saturated heterocycles. The van der Waals surface area contributed by atoms with Crippen molar-refractivity contribution < 1.29 is 9.59 Å². The van der Waals surface area contributed by atoms with Gasteiger partial charge in [-0.3, -0.25) is 0 Å². The van der Waals surface area contributed by atoms with E-state index in [4.69, 9.17) is 0 Å². The fourth-order valence-electron chi connectivity index (χ4n) is 2.28. The molecule has 0 aliphatic carbocycles. The van der Waals surface area contributed by atoms with Crippen molar-refractivity contribution in [3.8, 4) is 0 Å². The van der Waals surface area contributed by atoms with E-state index in [0.717, 1.165) is 38.3 Å². The smallest absolute Gasteiger partial charge is 0.123 e. The van der Waals surface area contributed by atoms with Gasteiger partial charge in [0.05, 0.1) is 0 Å². The molecule has 0 amide bonds. The van der Waals surface area contributed by atoms with Crippen molar-refractivity contribution in [3.05, 3.63) is 0 Å². The van der Waals surface area contributed by atoms with Crippen LogP contribution in [-0.2, 0) is 9.59 Å². The Hall–Kier alpha value is -0.660. The molecule has 0 aromatic carbocycles. The second-order valence-corrected chi connectivity index (χ2v) is 5.26. The summed E-state index contributed by atoms with van der Waals surface area (Å²) in [5, 5.41) is 0. The molecule has 0 radical (unpaired) electrons. The van der Waals surface area contributed by atoms with Gasteiger partial charge in [-0.15, -0.1) is 0 Å². The van der Waals surface area contributed by atoms with Crippen molar-refractivity contribution in [3.63, 3.8) is 0 Å². The zero-order chi connectivity index (χ0) is 13.5. The Kier molecular flexibility index (Phi) is 13.9. The largest absolute Gasteiger partial charge is 0.303 e. The minimum atomic E-state index is 0.229. The lowest BCUT2D eigenvalue weighted by molar-refractivity contribution is -0.111. The fraction of sp³-hybridized carbons (Fsp3) is 0.875. The van der Waals surface area contributed by atoms with Crippen LogP contribution < -0.4 is 0 Å². The Morgan fingerprint density at radius 3 is 1.89 bits per heavy atom. The molecule has 0 aromatic rings. The van der Waals surface area contributed by atoms with E-state index in [1.54, 1.807) is 0 Å². The molecule has 0 saturated carbocycles. The van der Waals surface area contributed by atoms with Gasteiger partial charge in [0, 0.05) is 12.3 Å².